The maximum Gasteiger partial charge on any atom is 0.307 e. The van der Waals surface area contributed by atoms with Gasteiger partial charge in [-0.2, -0.15) is 0 Å². The summed E-state index contributed by atoms with van der Waals surface area (Å²) in [7, 11) is 0. The average Bonchev–Trinajstić information content (AvgIpc) is 2.65. The predicted molar refractivity (Wildman–Crippen MR) is 122 cm³/mol. The SMILES string of the molecule is Cc1ccc(NC(c2cc(C)c(Cl)c(C)c2)C(C)C)cc1CNCC(C)C(=O)O. The fourth-order valence-electron chi connectivity index (χ4n) is 3.44. The van der Waals surface area contributed by atoms with E-state index in [1.165, 1.54) is 16.7 Å². The number of carboxylic acids is 1. The van der Waals surface area contributed by atoms with Crippen molar-refractivity contribution in [3.05, 3.63) is 63.2 Å². The van der Waals surface area contributed by atoms with Crippen LogP contribution in [0.15, 0.2) is 30.3 Å². The van der Waals surface area contributed by atoms with Crippen LogP contribution >= 0.6 is 11.6 Å². The zero-order chi connectivity index (χ0) is 21.7. The molecule has 2 rings (SSSR count). The third-order valence-electron chi connectivity index (χ3n) is 5.34. The van der Waals surface area contributed by atoms with Crippen LogP contribution in [-0.2, 0) is 11.3 Å². The highest BCUT2D eigenvalue weighted by molar-refractivity contribution is 6.32. The van der Waals surface area contributed by atoms with Crippen molar-refractivity contribution < 1.29 is 9.90 Å². The van der Waals surface area contributed by atoms with E-state index < -0.39 is 11.9 Å². The van der Waals surface area contributed by atoms with Crippen LogP contribution in [-0.4, -0.2) is 17.6 Å². The third kappa shape index (κ3) is 6.22. The van der Waals surface area contributed by atoms with Crippen LogP contribution in [0, 0.1) is 32.6 Å². The first kappa shape index (κ1) is 23.2. The van der Waals surface area contributed by atoms with Gasteiger partial charge in [0.15, 0.2) is 0 Å². The highest BCUT2D eigenvalue weighted by Crippen LogP contribution is 2.31. The van der Waals surface area contributed by atoms with Crippen LogP contribution in [0.1, 0.15) is 54.6 Å². The van der Waals surface area contributed by atoms with Crippen molar-refractivity contribution in [1.82, 2.24) is 5.32 Å². The molecule has 0 aromatic heterocycles. The molecule has 5 heteroatoms. The monoisotopic (exact) mass is 416 g/mol. The number of aliphatic carboxylic acids is 1. The number of carbonyl (C=O) groups is 1. The van der Waals surface area contributed by atoms with Gasteiger partial charge in [0.1, 0.15) is 0 Å². The van der Waals surface area contributed by atoms with Crippen molar-refractivity contribution in [2.45, 2.75) is 54.1 Å². The van der Waals surface area contributed by atoms with Crippen molar-refractivity contribution in [2.75, 3.05) is 11.9 Å². The lowest BCUT2D eigenvalue weighted by Crippen LogP contribution is -2.26. The molecule has 0 aliphatic carbocycles. The Bertz CT molecular complexity index is 841. The number of rotatable bonds is 9. The highest BCUT2D eigenvalue weighted by atomic mass is 35.5. The molecule has 158 valence electrons. The number of halogens is 1. The van der Waals surface area contributed by atoms with Gasteiger partial charge in [-0.1, -0.05) is 50.6 Å². The molecular weight excluding hydrogens is 384 g/mol. The molecule has 0 bridgehead atoms. The topological polar surface area (TPSA) is 61.4 Å². The lowest BCUT2D eigenvalue weighted by molar-refractivity contribution is -0.140. The molecule has 2 atom stereocenters. The van der Waals surface area contributed by atoms with E-state index >= 15 is 0 Å². The molecule has 0 aliphatic heterocycles. The third-order valence-corrected chi connectivity index (χ3v) is 5.94. The first-order valence-electron chi connectivity index (χ1n) is 10.2. The number of nitrogens with one attached hydrogen (secondary N) is 2. The smallest absolute Gasteiger partial charge is 0.307 e. The van der Waals surface area contributed by atoms with Gasteiger partial charge in [-0.05, 0) is 66.6 Å². The second-order valence-electron chi connectivity index (χ2n) is 8.35. The number of hydrogen-bond acceptors (Lipinski definition) is 3. The molecule has 2 aromatic rings. The van der Waals surface area contributed by atoms with Crippen LogP contribution in [0.5, 0.6) is 0 Å². The van der Waals surface area contributed by atoms with E-state index in [1.54, 1.807) is 6.92 Å². The number of hydrogen-bond donors (Lipinski definition) is 3. The minimum Gasteiger partial charge on any atom is -0.481 e. The van der Waals surface area contributed by atoms with E-state index in [1.807, 2.05) is 13.8 Å². The first-order valence-corrected chi connectivity index (χ1v) is 10.5. The molecule has 0 amide bonds. The van der Waals surface area contributed by atoms with Crippen LogP contribution in [0.4, 0.5) is 5.69 Å². The molecule has 0 aliphatic rings. The van der Waals surface area contributed by atoms with Gasteiger partial charge in [0.25, 0.3) is 0 Å². The Balaban J connectivity index is 2.19. The number of aryl methyl sites for hydroxylation is 3. The zero-order valence-electron chi connectivity index (χ0n) is 18.3. The average molecular weight is 417 g/mol. The summed E-state index contributed by atoms with van der Waals surface area (Å²) >= 11 is 6.36. The molecule has 2 unspecified atom stereocenters. The quantitative estimate of drug-likeness (QED) is 0.477. The Morgan fingerprint density at radius 3 is 2.21 bits per heavy atom. The molecule has 29 heavy (non-hydrogen) atoms. The molecule has 0 heterocycles. The minimum atomic E-state index is -0.780. The summed E-state index contributed by atoms with van der Waals surface area (Å²) in [5.74, 6) is -0.787. The van der Waals surface area contributed by atoms with E-state index in [-0.39, 0.29) is 6.04 Å². The summed E-state index contributed by atoms with van der Waals surface area (Å²) < 4.78 is 0. The fraction of sp³-hybridized carbons (Fsp3) is 0.458. The molecule has 0 fully saturated rings. The Labute approximate surface area is 179 Å². The lowest BCUT2D eigenvalue weighted by Gasteiger charge is -2.26. The molecule has 0 spiro atoms. The first-order chi connectivity index (χ1) is 13.6. The second kappa shape index (κ2) is 10.1. The fourth-order valence-corrected chi connectivity index (χ4v) is 3.54. The normalized spacial score (nSPS) is 13.4. The van der Waals surface area contributed by atoms with E-state index in [4.69, 9.17) is 16.7 Å². The van der Waals surface area contributed by atoms with Gasteiger partial charge in [0, 0.05) is 23.8 Å². The zero-order valence-corrected chi connectivity index (χ0v) is 19.0. The molecule has 0 radical (unpaired) electrons. The number of anilines is 1. The highest BCUT2D eigenvalue weighted by Gasteiger charge is 2.18. The lowest BCUT2D eigenvalue weighted by atomic mass is 9.93. The van der Waals surface area contributed by atoms with Crippen molar-refractivity contribution in [2.24, 2.45) is 11.8 Å². The van der Waals surface area contributed by atoms with Gasteiger partial charge in [-0.3, -0.25) is 4.79 Å². The minimum absolute atomic E-state index is 0.167. The summed E-state index contributed by atoms with van der Waals surface area (Å²) in [4.78, 5) is 11.0. The predicted octanol–water partition coefficient (Wildman–Crippen LogP) is 5.88. The van der Waals surface area contributed by atoms with E-state index in [2.05, 4.69) is 61.7 Å². The van der Waals surface area contributed by atoms with Crippen molar-refractivity contribution in [3.63, 3.8) is 0 Å². The van der Waals surface area contributed by atoms with Crippen LogP contribution in [0.3, 0.4) is 0 Å². The van der Waals surface area contributed by atoms with Gasteiger partial charge < -0.3 is 15.7 Å². The van der Waals surface area contributed by atoms with E-state index in [0.29, 0.717) is 19.0 Å². The summed E-state index contributed by atoms with van der Waals surface area (Å²) in [6.07, 6.45) is 0. The summed E-state index contributed by atoms with van der Waals surface area (Å²) in [5.41, 5.74) is 6.83. The standard InChI is InChI=1S/C24H33ClN2O2/c1-14(2)23(19-9-16(4)22(25)17(5)10-19)27-21-8-7-15(3)20(11-21)13-26-12-18(6)24(28)29/h7-11,14,18,23,26-27H,12-13H2,1-6H3,(H,28,29). The van der Waals surface area contributed by atoms with Gasteiger partial charge in [0.2, 0.25) is 0 Å². The van der Waals surface area contributed by atoms with Crippen molar-refractivity contribution in [1.29, 1.82) is 0 Å². The Morgan fingerprint density at radius 2 is 1.66 bits per heavy atom. The molecular formula is C24H33ClN2O2. The Morgan fingerprint density at radius 1 is 1.03 bits per heavy atom. The Hall–Kier alpha value is -2.04. The van der Waals surface area contributed by atoms with Crippen molar-refractivity contribution >= 4 is 23.3 Å². The van der Waals surface area contributed by atoms with Crippen LogP contribution in [0.25, 0.3) is 0 Å². The maximum absolute atomic E-state index is 11.0. The second-order valence-corrected chi connectivity index (χ2v) is 8.72. The van der Waals surface area contributed by atoms with Gasteiger partial charge in [-0.15, -0.1) is 0 Å². The molecule has 2 aromatic carbocycles. The molecule has 3 N–H and O–H groups in total. The number of benzene rings is 2. The maximum atomic E-state index is 11.0. The molecule has 4 nitrogen and oxygen atoms in total. The van der Waals surface area contributed by atoms with E-state index in [9.17, 15) is 4.79 Å². The number of carboxylic acid groups (broad SMARTS) is 1. The van der Waals surface area contributed by atoms with Gasteiger partial charge >= 0.3 is 5.97 Å². The summed E-state index contributed by atoms with van der Waals surface area (Å²) in [6, 6.07) is 10.9. The summed E-state index contributed by atoms with van der Waals surface area (Å²) in [5, 5.41) is 16.8. The van der Waals surface area contributed by atoms with Gasteiger partial charge in [-0.25, -0.2) is 0 Å². The molecule has 0 saturated carbocycles. The van der Waals surface area contributed by atoms with Crippen molar-refractivity contribution in [3.8, 4) is 0 Å². The Kier molecular flexibility index (Phi) is 8.12. The van der Waals surface area contributed by atoms with Crippen LogP contribution < -0.4 is 10.6 Å². The largest absolute Gasteiger partial charge is 0.481 e. The van der Waals surface area contributed by atoms with Crippen LogP contribution in [0.2, 0.25) is 5.02 Å². The van der Waals surface area contributed by atoms with E-state index in [0.717, 1.165) is 21.8 Å². The summed E-state index contributed by atoms with van der Waals surface area (Å²) in [6.45, 7) is 13.4. The molecule has 0 saturated heterocycles. The van der Waals surface area contributed by atoms with Gasteiger partial charge in [0.05, 0.1) is 12.0 Å².